The number of hydrogen-bond donors (Lipinski definition) is 3. The lowest BCUT2D eigenvalue weighted by molar-refractivity contribution is -0.128. The maximum absolute atomic E-state index is 11.9. The van der Waals surface area contributed by atoms with Gasteiger partial charge in [-0.2, -0.15) is 0 Å². The van der Waals surface area contributed by atoms with E-state index in [0.29, 0.717) is 12.5 Å². The van der Waals surface area contributed by atoms with Crippen molar-refractivity contribution in [3.63, 3.8) is 0 Å². The van der Waals surface area contributed by atoms with Gasteiger partial charge >= 0.3 is 0 Å². The molecule has 28 heavy (non-hydrogen) atoms. The second kappa shape index (κ2) is 13.9. The predicted molar refractivity (Wildman–Crippen MR) is 122 cm³/mol. The number of ether oxygens (including phenoxy) is 1. The van der Waals surface area contributed by atoms with Crippen molar-refractivity contribution < 1.29 is 14.3 Å². The topological polar surface area (TPSA) is 98.3 Å². The fourth-order valence-electron chi connectivity index (χ4n) is 2.52. The van der Waals surface area contributed by atoms with Crippen LogP contribution in [0.2, 0.25) is 0 Å². The van der Waals surface area contributed by atoms with E-state index < -0.39 is 5.41 Å². The standard InChI is InChI=1S/C18H36N6O3.HI/c1-18(2,16(26)19-3)14-22-17(21-13-15(25)23(4)5)20-7-6-8-24-9-11-27-12-10-24;/h6-14H2,1-5H3,(H,19,26)(H2,20,21,22);1H. The summed E-state index contributed by atoms with van der Waals surface area (Å²) in [6.45, 7) is 9.45. The number of amides is 2. The molecule has 0 unspecified atom stereocenters. The molecule has 0 aromatic carbocycles. The van der Waals surface area contributed by atoms with Crippen LogP contribution in [0.4, 0.5) is 0 Å². The number of halogens is 1. The SMILES string of the molecule is CNC(=O)C(C)(C)CNC(=NCC(=O)N(C)C)NCCCN1CCOCC1.I. The average molecular weight is 512 g/mol. The second-order valence-corrected chi connectivity index (χ2v) is 7.50. The van der Waals surface area contributed by atoms with Crippen molar-refractivity contribution in [3.05, 3.63) is 0 Å². The van der Waals surface area contributed by atoms with Crippen LogP contribution in [0.25, 0.3) is 0 Å². The summed E-state index contributed by atoms with van der Waals surface area (Å²) in [7, 11) is 5.03. The van der Waals surface area contributed by atoms with Gasteiger partial charge in [-0.05, 0) is 26.8 Å². The van der Waals surface area contributed by atoms with E-state index in [4.69, 9.17) is 4.74 Å². The zero-order chi connectivity index (χ0) is 20.3. The molecule has 1 rings (SSSR count). The van der Waals surface area contributed by atoms with E-state index >= 15 is 0 Å². The van der Waals surface area contributed by atoms with Gasteiger partial charge in [0.15, 0.2) is 5.96 Å². The molecule has 0 saturated carbocycles. The Balaban J connectivity index is 0.00000729. The number of nitrogens with one attached hydrogen (secondary N) is 3. The number of rotatable bonds is 9. The minimum Gasteiger partial charge on any atom is -0.379 e. The smallest absolute Gasteiger partial charge is 0.243 e. The summed E-state index contributed by atoms with van der Waals surface area (Å²) in [6.07, 6.45) is 0.959. The number of aliphatic imine (C=N–C) groups is 1. The number of nitrogens with zero attached hydrogens (tertiary/aromatic N) is 3. The highest BCUT2D eigenvalue weighted by Crippen LogP contribution is 2.12. The van der Waals surface area contributed by atoms with Crippen LogP contribution in [-0.2, 0) is 14.3 Å². The van der Waals surface area contributed by atoms with Gasteiger partial charge in [0.2, 0.25) is 11.8 Å². The third kappa shape index (κ3) is 10.4. The van der Waals surface area contributed by atoms with Crippen LogP contribution < -0.4 is 16.0 Å². The maximum atomic E-state index is 11.9. The Bertz CT molecular complexity index is 508. The van der Waals surface area contributed by atoms with E-state index in [9.17, 15) is 9.59 Å². The van der Waals surface area contributed by atoms with Crippen LogP contribution in [0.1, 0.15) is 20.3 Å². The lowest BCUT2D eigenvalue weighted by atomic mass is 9.92. The minimum absolute atomic E-state index is 0. The number of hydrogen-bond acceptors (Lipinski definition) is 5. The molecule has 0 radical (unpaired) electrons. The predicted octanol–water partition coefficient (Wildman–Crippen LogP) is -0.278. The Labute approximate surface area is 186 Å². The third-order valence-electron chi connectivity index (χ3n) is 4.46. The number of carbonyl (C=O) groups is 2. The first kappa shape index (κ1) is 26.9. The summed E-state index contributed by atoms with van der Waals surface area (Å²) in [5, 5.41) is 9.11. The average Bonchev–Trinajstić information content (AvgIpc) is 2.66. The number of morpholine rings is 1. The van der Waals surface area contributed by atoms with E-state index in [0.717, 1.165) is 45.8 Å². The number of carbonyl (C=O) groups excluding carboxylic acids is 2. The van der Waals surface area contributed by atoms with Gasteiger partial charge in [-0.1, -0.05) is 0 Å². The molecule has 164 valence electrons. The summed E-state index contributed by atoms with van der Waals surface area (Å²) in [6, 6.07) is 0. The van der Waals surface area contributed by atoms with Gasteiger partial charge < -0.3 is 25.6 Å². The summed E-state index contributed by atoms with van der Waals surface area (Å²) in [5.41, 5.74) is -0.587. The Morgan fingerprint density at radius 3 is 2.39 bits per heavy atom. The highest BCUT2D eigenvalue weighted by Gasteiger charge is 2.26. The van der Waals surface area contributed by atoms with Crippen LogP contribution in [0.15, 0.2) is 4.99 Å². The molecule has 10 heteroatoms. The van der Waals surface area contributed by atoms with Gasteiger partial charge in [0.25, 0.3) is 0 Å². The second-order valence-electron chi connectivity index (χ2n) is 7.50. The normalized spacial score (nSPS) is 15.4. The molecule has 3 N–H and O–H groups in total. The quantitative estimate of drug-likeness (QED) is 0.170. The molecule has 0 aromatic heterocycles. The van der Waals surface area contributed by atoms with E-state index in [2.05, 4.69) is 25.8 Å². The highest BCUT2D eigenvalue weighted by molar-refractivity contribution is 14.0. The Morgan fingerprint density at radius 2 is 1.82 bits per heavy atom. The molecule has 0 aromatic rings. The third-order valence-corrected chi connectivity index (χ3v) is 4.46. The highest BCUT2D eigenvalue weighted by atomic mass is 127. The molecule has 1 aliphatic heterocycles. The molecule has 2 amide bonds. The molecule has 1 fully saturated rings. The first-order valence-electron chi connectivity index (χ1n) is 9.51. The largest absolute Gasteiger partial charge is 0.379 e. The molecular weight excluding hydrogens is 475 g/mol. The first-order valence-corrected chi connectivity index (χ1v) is 9.51. The van der Waals surface area contributed by atoms with Gasteiger partial charge in [-0.3, -0.25) is 14.5 Å². The van der Waals surface area contributed by atoms with Crippen LogP contribution in [0.3, 0.4) is 0 Å². The van der Waals surface area contributed by atoms with Crippen molar-refractivity contribution in [1.29, 1.82) is 0 Å². The van der Waals surface area contributed by atoms with E-state index in [1.165, 1.54) is 4.90 Å². The van der Waals surface area contributed by atoms with Crippen LogP contribution in [-0.4, -0.2) is 101 Å². The van der Waals surface area contributed by atoms with Crippen LogP contribution in [0, 0.1) is 5.41 Å². The summed E-state index contributed by atoms with van der Waals surface area (Å²) < 4.78 is 5.36. The van der Waals surface area contributed by atoms with Gasteiger partial charge in [-0.15, -0.1) is 24.0 Å². The lowest BCUT2D eigenvalue weighted by Crippen LogP contribution is -2.48. The Morgan fingerprint density at radius 1 is 1.18 bits per heavy atom. The van der Waals surface area contributed by atoms with Gasteiger partial charge in [0.05, 0.1) is 18.6 Å². The van der Waals surface area contributed by atoms with Crippen molar-refractivity contribution in [2.45, 2.75) is 20.3 Å². The maximum Gasteiger partial charge on any atom is 0.243 e. The van der Waals surface area contributed by atoms with Crippen molar-refractivity contribution in [1.82, 2.24) is 25.8 Å². The molecule has 0 aliphatic carbocycles. The molecular formula is C18H37IN6O3. The fraction of sp³-hybridized carbons (Fsp3) is 0.833. The van der Waals surface area contributed by atoms with Crippen molar-refractivity contribution in [3.8, 4) is 0 Å². The summed E-state index contributed by atoms with van der Waals surface area (Å²) in [5.74, 6) is 0.421. The van der Waals surface area contributed by atoms with Gasteiger partial charge in [0.1, 0.15) is 6.54 Å². The molecule has 0 spiro atoms. The zero-order valence-corrected chi connectivity index (χ0v) is 20.2. The van der Waals surface area contributed by atoms with E-state index in [1.807, 2.05) is 13.8 Å². The van der Waals surface area contributed by atoms with Crippen LogP contribution >= 0.6 is 24.0 Å². The Hall–Kier alpha value is -1.14. The molecule has 0 bridgehead atoms. The zero-order valence-electron chi connectivity index (χ0n) is 17.8. The molecule has 1 heterocycles. The lowest BCUT2D eigenvalue weighted by Gasteiger charge is -2.27. The number of guanidine groups is 1. The van der Waals surface area contributed by atoms with Crippen molar-refractivity contribution >= 4 is 41.8 Å². The monoisotopic (exact) mass is 512 g/mol. The van der Waals surface area contributed by atoms with E-state index in [-0.39, 0.29) is 42.3 Å². The summed E-state index contributed by atoms with van der Waals surface area (Å²) in [4.78, 5) is 32.0. The Kier molecular flexibility index (Phi) is 13.4. The molecule has 1 aliphatic rings. The minimum atomic E-state index is -0.587. The van der Waals surface area contributed by atoms with Crippen molar-refractivity contribution in [2.24, 2.45) is 10.4 Å². The molecule has 0 atom stereocenters. The number of likely N-dealkylation sites (N-methyl/N-ethyl adjacent to an activating group) is 1. The fourth-order valence-corrected chi connectivity index (χ4v) is 2.52. The van der Waals surface area contributed by atoms with Gasteiger partial charge in [-0.25, -0.2) is 4.99 Å². The summed E-state index contributed by atoms with van der Waals surface area (Å²) >= 11 is 0. The molecule has 1 saturated heterocycles. The van der Waals surface area contributed by atoms with E-state index in [1.54, 1.807) is 21.1 Å². The first-order chi connectivity index (χ1) is 12.8. The molecule has 9 nitrogen and oxygen atoms in total. The van der Waals surface area contributed by atoms with Gasteiger partial charge in [0, 0.05) is 47.3 Å². The van der Waals surface area contributed by atoms with Crippen molar-refractivity contribution in [2.75, 3.05) is 73.6 Å². The van der Waals surface area contributed by atoms with Crippen LogP contribution in [0.5, 0.6) is 0 Å².